The zero-order valence-electron chi connectivity index (χ0n) is 11.5. The molecule has 0 bridgehead atoms. The predicted octanol–water partition coefficient (Wildman–Crippen LogP) is 2.78. The number of halogens is 2. The minimum Gasteiger partial charge on any atom is -0.465 e. The van der Waals surface area contributed by atoms with Gasteiger partial charge in [0.05, 0.1) is 13.1 Å². The molecule has 0 saturated carbocycles. The Balaban J connectivity index is 2.55. The molecule has 0 aromatic carbocycles. The van der Waals surface area contributed by atoms with E-state index in [0.717, 1.165) is 17.1 Å². The summed E-state index contributed by atoms with van der Waals surface area (Å²) in [5.41, 5.74) is 0.971. The van der Waals surface area contributed by atoms with E-state index in [1.165, 1.54) is 0 Å². The number of nitrogens with one attached hydrogen (secondary N) is 1. The average molecular weight is 260 g/mol. The molecule has 104 valence electrons. The molecule has 1 N–H and O–H groups in total. The van der Waals surface area contributed by atoms with Gasteiger partial charge < -0.3 is 9.73 Å². The third-order valence-electron chi connectivity index (χ3n) is 2.65. The van der Waals surface area contributed by atoms with E-state index >= 15 is 0 Å². The molecule has 1 aromatic heterocycles. The first-order valence-corrected chi connectivity index (χ1v) is 6.16. The van der Waals surface area contributed by atoms with Gasteiger partial charge in [-0.3, -0.25) is 4.90 Å². The van der Waals surface area contributed by atoms with Crippen molar-refractivity contribution in [3.05, 3.63) is 23.2 Å². The van der Waals surface area contributed by atoms with Crippen LogP contribution in [0.15, 0.2) is 10.5 Å². The normalized spacial score (nSPS) is 12.1. The summed E-state index contributed by atoms with van der Waals surface area (Å²) in [6.45, 7) is 6.92. The SMILES string of the molecule is Cc1oc(CNC(C)C)cc1CN(C)CC(F)F. The van der Waals surface area contributed by atoms with Gasteiger partial charge in [-0.15, -0.1) is 0 Å². The molecule has 0 spiro atoms. The number of alkyl halides is 2. The molecule has 0 radical (unpaired) electrons. The third kappa shape index (κ3) is 5.14. The maximum atomic E-state index is 12.2. The summed E-state index contributed by atoms with van der Waals surface area (Å²) in [4.78, 5) is 1.60. The molecule has 0 saturated heterocycles. The topological polar surface area (TPSA) is 28.4 Å². The van der Waals surface area contributed by atoms with E-state index in [4.69, 9.17) is 4.42 Å². The van der Waals surface area contributed by atoms with Gasteiger partial charge >= 0.3 is 0 Å². The molecule has 0 fully saturated rings. The van der Waals surface area contributed by atoms with Gasteiger partial charge in [0, 0.05) is 18.2 Å². The zero-order chi connectivity index (χ0) is 13.7. The van der Waals surface area contributed by atoms with Gasteiger partial charge in [0.25, 0.3) is 6.43 Å². The van der Waals surface area contributed by atoms with Gasteiger partial charge in [-0.2, -0.15) is 0 Å². The van der Waals surface area contributed by atoms with E-state index in [-0.39, 0.29) is 6.54 Å². The summed E-state index contributed by atoms with van der Waals surface area (Å²) in [5.74, 6) is 1.65. The van der Waals surface area contributed by atoms with Crippen molar-refractivity contribution in [3.8, 4) is 0 Å². The maximum Gasteiger partial charge on any atom is 0.251 e. The first kappa shape index (κ1) is 15.1. The van der Waals surface area contributed by atoms with Crippen molar-refractivity contribution >= 4 is 0 Å². The predicted molar refractivity (Wildman–Crippen MR) is 67.8 cm³/mol. The zero-order valence-corrected chi connectivity index (χ0v) is 11.5. The first-order valence-electron chi connectivity index (χ1n) is 6.16. The van der Waals surface area contributed by atoms with E-state index in [0.29, 0.717) is 19.1 Å². The van der Waals surface area contributed by atoms with Crippen molar-refractivity contribution in [1.82, 2.24) is 10.2 Å². The lowest BCUT2D eigenvalue weighted by molar-refractivity contribution is 0.0973. The summed E-state index contributed by atoms with van der Waals surface area (Å²) in [6, 6.07) is 2.33. The summed E-state index contributed by atoms with van der Waals surface area (Å²) >= 11 is 0. The van der Waals surface area contributed by atoms with Gasteiger partial charge in [0.15, 0.2) is 0 Å². The van der Waals surface area contributed by atoms with Crippen LogP contribution in [0, 0.1) is 6.92 Å². The van der Waals surface area contributed by atoms with Crippen LogP contribution in [-0.4, -0.2) is 31.0 Å². The lowest BCUT2D eigenvalue weighted by Gasteiger charge is -2.14. The highest BCUT2D eigenvalue weighted by molar-refractivity contribution is 5.20. The lowest BCUT2D eigenvalue weighted by atomic mass is 10.2. The third-order valence-corrected chi connectivity index (χ3v) is 2.65. The molecule has 0 amide bonds. The van der Waals surface area contributed by atoms with Crippen molar-refractivity contribution in [2.45, 2.75) is 46.3 Å². The fourth-order valence-electron chi connectivity index (χ4n) is 1.73. The minimum atomic E-state index is -2.30. The van der Waals surface area contributed by atoms with E-state index in [9.17, 15) is 8.78 Å². The molecular formula is C13H22F2N2O. The van der Waals surface area contributed by atoms with E-state index < -0.39 is 6.43 Å². The summed E-state index contributed by atoms with van der Waals surface area (Å²) in [7, 11) is 1.69. The van der Waals surface area contributed by atoms with Gasteiger partial charge in [-0.1, -0.05) is 13.8 Å². The Bertz CT molecular complexity index is 364. The molecule has 0 unspecified atom stereocenters. The highest BCUT2D eigenvalue weighted by atomic mass is 19.3. The van der Waals surface area contributed by atoms with Gasteiger partial charge in [0.2, 0.25) is 0 Å². The Labute approximate surface area is 107 Å². The molecule has 0 aliphatic rings. The quantitative estimate of drug-likeness (QED) is 0.817. The van der Waals surface area contributed by atoms with Crippen LogP contribution in [0.2, 0.25) is 0 Å². The smallest absolute Gasteiger partial charge is 0.251 e. The van der Waals surface area contributed by atoms with Gasteiger partial charge in [-0.05, 0) is 20.0 Å². The Morgan fingerprint density at radius 3 is 2.61 bits per heavy atom. The summed E-state index contributed by atoms with van der Waals surface area (Å²) in [6.07, 6.45) is -2.30. The van der Waals surface area contributed by atoms with E-state index in [2.05, 4.69) is 19.2 Å². The van der Waals surface area contributed by atoms with Crippen molar-refractivity contribution in [2.75, 3.05) is 13.6 Å². The van der Waals surface area contributed by atoms with Crippen LogP contribution in [0.3, 0.4) is 0 Å². The molecule has 5 heteroatoms. The van der Waals surface area contributed by atoms with Crippen molar-refractivity contribution in [3.63, 3.8) is 0 Å². The fourth-order valence-corrected chi connectivity index (χ4v) is 1.73. The van der Waals surface area contributed by atoms with E-state index in [1.807, 2.05) is 13.0 Å². The second-order valence-electron chi connectivity index (χ2n) is 4.92. The minimum absolute atomic E-state index is 0.218. The Hall–Kier alpha value is -0.940. The molecular weight excluding hydrogens is 238 g/mol. The highest BCUT2D eigenvalue weighted by Gasteiger charge is 2.12. The number of furan rings is 1. The highest BCUT2D eigenvalue weighted by Crippen LogP contribution is 2.16. The van der Waals surface area contributed by atoms with Crippen LogP contribution in [0.4, 0.5) is 8.78 Å². The van der Waals surface area contributed by atoms with Crippen LogP contribution in [-0.2, 0) is 13.1 Å². The van der Waals surface area contributed by atoms with Crippen LogP contribution in [0.5, 0.6) is 0 Å². The Kier molecular flexibility index (Phi) is 5.75. The van der Waals surface area contributed by atoms with Crippen molar-refractivity contribution < 1.29 is 13.2 Å². The number of hydrogen-bond acceptors (Lipinski definition) is 3. The number of nitrogens with zero attached hydrogens (tertiary/aromatic N) is 1. The molecule has 0 atom stereocenters. The molecule has 1 rings (SSSR count). The number of rotatable bonds is 7. The van der Waals surface area contributed by atoms with Crippen LogP contribution in [0.1, 0.15) is 30.9 Å². The summed E-state index contributed by atoms with van der Waals surface area (Å²) < 4.78 is 30.1. The standard InChI is InChI=1S/C13H22F2N2O/c1-9(2)16-6-12-5-11(10(3)18-12)7-17(4)8-13(14)15/h5,9,13,16H,6-8H2,1-4H3. The van der Waals surface area contributed by atoms with Crippen LogP contribution in [0.25, 0.3) is 0 Å². The molecule has 18 heavy (non-hydrogen) atoms. The monoisotopic (exact) mass is 260 g/mol. The second kappa shape index (κ2) is 6.85. The first-order chi connectivity index (χ1) is 8.38. The second-order valence-corrected chi connectivity index (χ2v) is 4.92. The molecule has 0 aliphatic heterocycles. The molecule has 0 aliphatic carbocycles. The molecule has 3 nitrogen and oxygen atoms in total. The van der Waals surface area contributed by atoms with Crippen LogP contribution >= 0.6 is 0 Å². The lowest BCUT2D eigenvalue weighted by Crippen LogP contribution is -2.24. The average Bonchev–Trinajstić information content (AvgIpc) is 2.55. The number of hydrogen-bond donors (Lipinski definition) is 1. The Morgan fingerprint density at radius 1 is 1.39 bits per heavy atom. The van der Waals surface area contributed by atoms with Crippen LogP contribution < -0.4 is 5.32 Å². The van der Waals surface area contributed by atoms with E-state index in [1.54, 1.807) is 11.9 Å². The largest absolute Gasteiger partial charge is 0.465 e. The molecule has 1 heterocycles. The number of aryl methyl sites for hydroxylation is 1. The Morgan fingerprint density at radius 2 is 2.06 bits per heavy atom. The molecule has 1 aromatic rings. The van der Waals surface area contributed by atoms with Gasteiger partial charge in [-0.25, -0.2) is 8.78 Å². The van der Waals surface area contributed by atoms with Gasteiger partial charge in [0.1, 0.15) is 11.5 Å². The maximum absolute atomic E-state index is 12.2. The van der Waals surface area contributed by atoms with Crippen molar-refractivity contribution in [2.24, 2.45) is 0 Å². The fraction of sp³-hybridized carbons (Fsp3) is 0.692. The summed E-state index contributed by atoms with van der Waals surface area (Å²) in [5, 5.41) is 3.26. The van der Waals surface area contributed by atoms with Crippen molar-refractivity contribution in [1.29, 1.82) is 0 Å².